The highest BCUT2D eigenvalue weighted by atomic mass is 16.5. The molecule has 0 bridgehead atoms. The van der Waals surface area contributed by atoms with E-state index in [2.05, 4.69) is 4.98 Å². The molecule has 5 nitrogen and oxygen atoms in total. The maximum absolute atomic E-state index is 10.6. The molecular formula is C17H21NO4. The number of aliphatic carboxylic acids is 1. The zero-order valence-electron chi connectivity index (χ0n) is 12.6. The van der Waals surface area contributed by atoms with E-state index in [1.165, 1.54) is 0 Å². The molecule has 5 heteroatoms. The first-order valence-electron chi connectivity index (χ1n) is 7.32. The summed E-state index contributed by atoms with van der Waals surface area (Å²) >= 11 is 0. The number of nitrogens with one attached hydrogen (secondary N) is 1. The van der Waals surface area contributed by atoms with E-state index >= 15 is 0 Å². The molecular weight excluding hydrogens is 282 g/mol. The summed E-state index contributed by atoms with van der Waals surface area (Å²) in [6.07, 6.45) is 1.81. The minimum absolute atomic E-state index is 0.0261. The van der Waals surface area contributed by atoms with E-state index in [1.807, 2.05) is 55.6 Å². The van der Waals surface area contributed by atoms with Crippen LogP contribution in [0.15, 0.2) is 48.7 Å². The van der Waals surface area contributed by atoms with Crippen LogP contribution in [0, 0.1) is 0 Å². The van der Waals surface area contributed by atoms with Gasteiger partial charge in [-0.3, -0.25) is 4.79 Å². The molecule has 2 rings (SSSR count). The van der Waals surface area contributed by atoms with E-state index in [9.17, 15) is 4.79 Å². The molecule has 1 aromatic carbocycles. The Bertz CT molecular complexity index is 568. The first-order valence-corrected chi connectivity index (χ1v) is 7.32. The number of rotatable bonds is 9. The van der Waals surface area contributed by atoms with E-state index in [0.717, 1.165) is 11.3 Å². The van der Waals surface area contributed by atoms with Crippen LogP contribution < -0.4 is 0 Å². The molecule has 1 atom stereocenters. The highest BCUT2D eigenvalue weighted by Crippen LogP contribution is 2.33. The van der Waals surface area contributed by atoms with E-state index < -0.39 is 11.6 Å². The molecule has 1 unspecified atom stereocenters. The monoisotopic (exact) mass is 303 g/mol. The number of hydrogen-bond donors (Lipinski definition) is 2. The van der Waals surface area contributed by atoms with E-state index in [4.69, 9.17) is 14.6 Å². The highest BCUT2D eigenvalue weighted by molar-refractivity contribution is 5.66. The number of H-pyrrole nitrogens is 1. The lowest BCUT2D eigenvalue weighted by molar-refractivity contribution is -0.139. The molecule has 0 aliphatic heterocycles. The van der Waals surface area contributed by atoms with Gasteiger partial charge in [0.2, 0.25) is 0 Å². The smallest absolute Gasteiger partial charge is 0.305 e. The lowest BCUT2D eigenvalue weighted by atomic mass is 9.91. The second-order valence-corrected chi connectivity index (χ2v) is 4.91. The van der Waals surface area contributed by atoms with Crippen molar-refractivity contribution in [2.24, 2.45) is 0 Å². The van der Waals surface area contributed by atoms with Gasteiger partial charge in [0.05, 0.1) is 25.3 Å². The van der Waals surface area contributed by atoms with Crippen molar-refractivity contribution in [3.8, 4) is 0 Å². The Labute approximate surface area is 129 Å². The van der Waals surface area contributed by atoms with E-state index in [1.54, 1.807) is 0 Å². The molecule has 0 aliphatic rings. The summed E-state index contributed by atoms with van der Waals surface area (Å²) in [4.78, 5) is 13.8. The molecule has 1 aromatic heterocycles. The van der Waals surface area contributed by atoms with E-state index in [0.29, 0.717) is 6.61 Å². The Morgan fingerprint density at radius 3 is 2.59 bits per heavy atom. The number of carboxylic acid groups (broad SMARTS) is 1. The maximum atomic E-state index is 10.6. The molecule has 22 heavy (non-hydrogen) atoms. The third kappa shape index (κ3) is 3.75. The second-order valence-electron chi connectivity index (χ2n) is 4.91. The summed E-state index contributed by atoms with van der Waals surface area (Å²) in [6.45, 7) is 2.84. The highest BCUT2D eigenvalue weighted by Gasteiger charge is 2.36. The van der Waals surface area contributed by atoms with Crippen molar-refractivity contribution in [1.29, 1.82) is 0 Å². The van der Waals surface area contributed by atoms with Crippen LogP contribution >= 0.6 is 0 Å². The quantitative estimate of drug-likeness (QED) is 0.699. The number of carbonyl (C=O) groups is 1. The SMILES string of the molecule is CCOC(COCCC(=O)O)(c1ccccc1)c1ccc[nH]1. The Morgan fingerprint density at radius 1 is 1.23 bits per heavy atom. The van der Waals surface area contributed by atoms with E-state index in [-0.39, 0.29) is 19.6 Å². The molecule has 0 saturated heterocycles. The van der Waals surface area contributed by atoms with Gasteiger partial charge in [0, 0.05) is 12.8 Å². The maximum Gasteiger partial charge on any atom is 0.305 e. The summed E-state index contributed by atoms with van der Waals surface area (Å²) in [5.74, 6) is -0.874. The fourth-order valence-electron chi connectivity index (χ4n) is 2.43. The van der Waals surface area contributed by atoms with Gasteiger partial charge in [-0.15, -0.1) is 0 Å². The van der Waals surface area contributed by atoms with Crippen molar-refractivity contribution in [2.75, 3.05) is 19.8 Å². The predicted molar refractivity (Wildman–Crippen MR) is 82.7 cm³/mol. The lowest BCUT2D eigenvalue weighted by Gasteiger charge is -2.33. The van der Waals surface area contributed by atoms with Crippen LogP contribution in [-0.4, -0.2) is 35.9 Å². The first-order chi connectivity index (χ1) is 10.7. The predicted octanol–water partition coefficient (Wildman–Crippen LogP) is 2.79. The van der Waals surface area contributed by atoms with Crippen molar-refractivity contribution in [1.82, 2.24) is 4.98 Å². The van der Waals surface area contributed by atoms with Gasteiger partial charge in [-0.05, 0) is 24.6 Å². The molecule has 118 valence electrons. The average molecular weight is 303 g/mol. The summed E-state index contributed by atoms with van der Waals surface area (Å²) in [5.41, 5.74) is 1.09. The van der Waals surface area contributed by atoms with Crippen LogP contribution in [0.2, 0.25) is 0 Å². The Kier molecular flexibility index (Phi) is 5.75. The fourth-order valence-corrected chi connectivity index (χ4v) is 2.43. The van der Waals surface area contributed by atoms with Crippen molar-refractivity contribution in [3.63, 3.8) is 0 Å². The lowest BCUT2D eigenvalue weighted by Crippen LogP contribution is -2.37. The molecule has 1 heterocycles. The largest absolute Gasteiger partial charge is 0.481 e. The van der Waals surface area contributed by atoms with Gasteiger partial charge in [-0.1, -0.05) is 30.3 Å². The van der Waals surface area contributed by atoms with Gasteiger partial charge in [0.25, 0.3) is 0 Å². The van der Waals surface area contributed by atoms with Crippen LogP contribution in [0.25, 0.3) is 0 Å². The standard InChI is InChI=1S/C17H21NO4/c1-2-22-17(15-9-6-11-18-15,13-21-12-10-16(19)20)14-7-4-3-5-8-14/h3-9,11,18H,2,10,12-13H2,1H3,(H,19,20). The molecule has 0 spiro atoms. The van der Waals surface area contributed by atoms with Crippen molar-refractivity contribution in [2.45, 2.75) is 18.9 Å². The third-order valence-corrected chi connectivity index (χ3v) is 3.43. The molecule has 0 amide bonds. The number of benzene rings is 1. The minimum Gasteiger partial charge on any atom is -0.481 e. The normalized spacial score (nSPS) is 13.7. The molecule has 0 aliphatic carbocycles. The van der Waals surface area contributed by atoms with Gasteiger partial charge in [-0.2, -0.15) is 0 Å². The van der Waals surface area contributed by atoms with Gasteiger partial charge in [-0.25, -0.2) is 0 Å². The Hall–Kier alpha value is -2.11. The Morgan fingerprint density at radius 2 is 2.00 bits per heavy atom. The number of carboxylic acids is 1. The molecule has 2 N–H and O–H groups in total. The van der Waals surface area contributed by atoms with Gasteiger partial charge >= 0.3 is 5.97 Å². The van der Waals surface area contributed by atoms with Crippen LogP contribution in [-0.2, 0) is 19.9 Å². The second kappa shape index (κ2) is 7.77. The molecule has 2 aromatic rings. The molecule has 0 fully saturated rings. The first kappa shape index (κ1) is 16.3. The third-order valence-electron chi connectivity index (χ3n) is 3.43. The van der Waals surface area contributed by atoms with Crippen LogP contribution in [0.5, 0.6) is 0 Å². The summed E-state index contributed by atoms with van der Waals surface area (Å²) in [5, 5.41) is 8.73. The molecule has 0 radical (unpaired) electrons. The topological polar surface area (TPSA) is 71.6 Å². The number of aromatic nitrogens is 1. The minimum atomic E-state index is -0.874. The van der Waals surface area contributed by atoms with Crippen LogP contribution in [0.3, 0.4) is 0 Å². The van der Waals surface area contributed by atoms with Gasteiger partial charge < -0.3 is 19.6 Å². The average Bonchev–Trinajstić information content (AvgIpc) is 3.06. The van der Waals surface area contributed by atoms with Crippen LogP contribution in [0.1, 0.15) is 24.6 Å². The Balaban J connectivity index is 2.27. The fraction of sp³-hybridized carbons (Fsp3) is 0.353. The number of aromatic amines is 1. The summed E-state index contributed by atoms with van der Waals surface area (Å²) in [6, 6.07) is 13.7. The molecule has 0 saturated carbocycles. The van der Waals surface area contributed by atoms with Crippen molar-refractivity contribution < 1.29 is 19.4 Å². The summed E-state index contributed by atoms with van der Waals surface area (Å²) in [7, 11) is 0. The van der Waals surface area contributed by atoms with Crippen molar-refractivity contribution >= 4 is 5.97 Å². The number of hydrogen-bond acceptors (Lipinski definition) is 3. The van der Waals surface area contributed by atoms with Gasteiger partial charge in [0.1, 0.15) is 0 Å². The zero-order chi connectivity index (χ0) is 15.8. The van der Waals surface area contributed by atoms with Crippen molar-refractivity contribution in [3.05, 3.63) is 59.9 Å². The number of ether oxygens (including phenoxy) is 2. The summed E-state index contributed by atoms with van der Waals surface area (Å²) < 4.78 is 11.7. The zero-order valence-corrected chi connectivity index (χ0v) is 12.6. The van der Waals surface area contributed by atoms with Crippen LogP contribution in [0.4, 0.5) is 0 Å². The van der Waals surface area contributed by atoms with Gasteiger partial charge in [0.15, 0.2) is 5.60 Å².